The molecule has 0 saturated heterocycles. The van der Waals surface area contributed by atoms with Crippen LogP contribution in [-0.2, 0) is 0 Å². The number of benzene rings is 1. The number of amides is 2. The second-order valence-corrected chi connectivity index (χ2v) is 6.62. The van der Waals surface area contributed by atoms with Gasteiger partial charge in [0.2, 0.25) is 0 Å². The molecule has 1 aromatic carbocycles. The predicted molar refractivity (Wildman–Crippen MR) is 105 cm³/mol. The third kappa shape index (κ3) is 4.96. The van der Waals surface area contributed by atoms with E-state index in [0.717, 1.165) is 12.8 Å². The Labute approximate surface area is 163 Å². The van der Waals surface area contributed by atoms with Gasteiger partial charge in [0.25, 0.3) is 11.8 Å². The number of anilines is 1. The second kappa shape index (κ2) is 9.55. The number of halogens is 2. The molecule has 0 saturated carbocycles. The summed E-state index contributed by atoms with van der Waals surface area (Å²) in [6.07, 6.45) is 4.61. The Balaban J connectivity index is 2.22. The molecular formula is C19H21Cl2N3O2. The lowest BCUT2D eigenvalue weighted by Gasteiger charge is -2.21. The van der Waals surface area contributed by atoms with E-state index in [1.54, 1.807) is 23.1 Å². The number of nitrogens with one attached hydrogen (secondary N) is 1. The van der Waals surface area contributed by atoms with Crippen molar-refractivity contribution >= 4 is 40.7 Å². The summed E-state index contributed by atoms with van der Waals surface area (Å²) in [5, 5.41) is 3.35. The highest BCUT2D eigenvalue weighted by Crippen LogP contribution is 2.30. The Kier molecular flexibility index (Phi) is 7.42. The lowest BCUT2D eigenvalue weighted by atomic mass is 10.1. The molecule has 0 bridgehead atoms. The predicted octanol–water partition coefficient (Wildman–Crippen LogP) is 4.90. The summed E-state index contributed by atoms with van der Waals surface area (Å²) >= 11 is 12.2. The maximum atomic E-state index is 12.7. The first-order valence-electron chi connectivity index (χ1n) is 8.47. The number of rotatable bonds is 7. The minimum Gasteiger partial charge on any atom is -0.339 e. The summed E-state index contributed by atoms with van der Waals surface area (Å²) < 4.78 is 0. The number of hydrogen-bond donors (Lipinski definition) is 1. The number of carbonyl (C=O) groups excluding carboxylic acids is 2. The standard InChI is InChI=1S/C19H21Cl2N3O2/c1-3-8-24(9-4-2)19(26)14-10-13(11-22-12-14)18(25)23-17-15(20)6-5-7-16(17)21/h5-7,10-12H,3-4,8-9H2,1-2H3,(H,23,25). The molecule has 0 fully saturated rings. The van der Waals surface area contributed by atoms with Crippen molar-refractivity contribution in [2.45, 2.75) is 26.7 Å². The van der Waals surface area contributed by atoms with Crippen molar-refractivity contribution in [1.29, 1.82) is 0 Å². The number of hydrogen-bond acceptors (Lipinski definition) is 3. The fraction of sp³-hybridized carbons (Fsp3) is 0.316. The molecule has 0 atom stereocenters. The minimum absolute atomic E-state index is 0.133. The van der Waals surface area contributed by atoms with Crippen LogP contribution in [0, 0.1) is 0 Å². The Hall–Kier alpha value is -2.11. The maximum absolute atomic E-state index is 12.7. The Morgan fingerprint density at radius 1 is 1.04 bits per heavy atom. The van der Waals surface area contributed by atoms with E-state index in [4.69, 9.17) is 23.2 Å². The molecule has 2 aromatic rings. The van der Waals surface area contributed by atoms with E-state index in [-0.39, 0.29) is 11.5 Å². The molecule has 0 aliphatic carbocycles. The van der Waals surface area contributed by atoms with Gasteiger partial charge in [-0.2, -0.15) is 0 Å². The summed E-state index contributed by atoms with van der Waals surface area (Å²) in [6.45, 7) is 5.37. The molecule has 0 radical (unpaired) electrons. The smallest absolute Gasteiger partial charge is 0.257 e. The highest BCUT2D eigenvalue weighted by Gasteiger charge is 2.18. The van der Waals surface area contributed by atoms with Gasteiger partial charge in [0, 0.05) is 25.5 Å². The van der Waals surface area contributed by atoms with Crippen molar-refractivity contribution in [1.82, 2.24) is 9.88 Å². The van der Waals surface area contributed by atoms with E-state index >= 15 is 0 Å². The first-order chi connectivity index (χ1) is 12.5. The number of carbonyl (C=O) groups is 2. The third-order valence-electron chi connectivity index (χ3n) is 3.72. The van der Waals surface area contributed by atoms with Gasteiger partial charge in [0.05, 0.1) is 26.9 Å². The lowest BCUT2D eigenvalue weighted by molar-refractivity contribution is 0.0755. The van der Waals surface area contributed by atoms with Crippen molar-refractivity contribution < 1.29 is 9.59 Å². The Morgan fingerprint density at radius 3 is 2.19 bits per heavy atom. The molecule has 5 nitrogen and oxygen atoms in total. The second-order valence-electron chi connectivity index (χ2n) is 5.81. The van der Waals surface area contributed by atoms with E-state index in [2.05, 4.69) is 10.3 Å². The van der Waals surface area contributed by atoms with Crippen molar-refractivity contribution in [3.05, 3.63) is 57.8 Å². The molecule has 0 aliphatic rings. The average molecular weight is 394 g/mol. The molecule has 0 spiro atoms. The first kappa shape index (κ1) is 20.2. The van der Waals surface area contributed by atoms with Gasteiger partial charge in [-0.15, -0.1) is 0 Å². The zero-order valence-electron chi connectivity index (χ0n) is 14.8. The van der Waals surface area contributed by atoms with Crippen LogP contribution in [0.4, 0.5) is 5.69 Å². The van der Waals surface area contributed by atoms with E-state index in [1.807, 2.05) is 13.8 Å². The van der Waals surface area contributed by atoms with Crippen LogP contribution >= 0.6 is 23.2 Å². The molecule has 2 amide bonds. The van der Waals surface area contributed by atoms with Gasteiger partial charge in [-0.05, 0) is 31.0 Å². The van der Waals surface area contributed by atoms with Gasteiger partial charge in [-0.3, -0.25) is 14.6 Å². The summed E-state index contributed by atoms with van der Waals surface area (Å²) in [5.74, 6) is -0.564. The summed E-state index contributed by atoms with van der Waals surface area (Å²) in [7, 11) is 0. The number of nitrogens with zero attached hydrogens (tertiary/aromatic N) is 2. The van der Waals surface area contributed by atoms with Crippen molar-refractivity contribution in [3.8, 4) is 0 Å². The third-order valence-corrected chi connectivity index (χ3v) is 4.35. The summed E-state index contributed by atoms with van der Waals surface area (Å²) in [5.41, 5.74) is 0.973. The van der Waals surface area contributed by atoms with Gasteiger partial charge >= 0.3 is 0 Å². The van der Waals surface area contributed by atoms with Gasteiger partial charge in [-0.1, -0.05) is 43.1 Å². The lowest BCUT2D eigenvalue weighted by Crippen LogP contribution is -2.32. The first-order valence-corrected chi connectivity index (χ1v) is 9.23. The zero-order valence-corrected chi connectivity index (χ0v) is 16.3. The molecule has 1 heterocycles. The number of aromatic nitrogens is 1. The van der Waals surface area contributed by atoms with Gasteiger partial charge in [0.15, 0.2) is 0 Å². The summed E-state index contributed by atoms with van der Waals surface area (Å²) in [6, 6.07) is 6.49. The summed E-state index contributed by atoms with van der Waals surface area (Å²) in [4.78, 5) is 31.0. The van der Waals surface area contributed by atoms with Crippen molar-refractivity contribution in [2.24, 2.45) is 0 Å². The van der Waals surface area contributed by atoms with Crippen LogP contribution < -0.4 is 5.32 Å². The molecule has 1 aromatic heterocycles. The van der Waals surface area contributed by atoms with Crippen LogP contribution in [0.15, 0.2) is 36.7 Å². The van der Waals surface area contributed by atoms with E-state index < -0.39 is 5.91 Å². The molecule has 2 rings (SSSR count). The van der Waals surface area contributed by atoms with Gasteiger partial charge in [0.1, 0.15) is 0 Å². The average Bonchev–Trinajstić information content (AvgIpc) is 2.64. The molecule has 26 heavy (non-hydrogen) atoms. The quantitative estimate of drug-likeness (QED) is 0.726. The monoisotopic (exact) mass is 393 g/mol. The number of para-hydroxylation sites is 1. The van der Waals surface area contributed by atoms with E-state index in [9.17, 15) is 9.59 Å². The fourth-order valence-corrected chi connectivity index (χ4v) is 3.01. The number of pyridine rings is 1. The van der Waals surface area contributed by atoms with Crippen LogP contribution in [0.2, 0.25) is 10.0 Å². The minimum atomic E-state index is -0.431. The molecule has 1 N–H and O–H groups in total. The van der Waals surface area contributed by atoms with Crippen molar-refractivity contribution in [2.75, 3.05) is 18.4 Å². The van der Waals surface area contributed by atoms with Crippen LogP contribution in [0.5, 0.6) is 0 Å². The maximum Gasteiger partial charge on any atom is 0.257 e. The fourth-order valence-electron chi connectivity index (χ4n) is 2.52. The van der Waals surface area contributed by atoms with Gasteiger partial charge < -0.3 is 10.2 Å². The van der Waals surface area contributed by atoms with Crippen LogP contribution in [-0.4, -0.2) is 34.8 Å². The Morgan fingerprint density at radius 2 is 1.62 bits per heavy atom. The molecule has 0 unspecified atom stereocenters. The molecular weight excluding hydrogens is 373 g/mol. The van der Waals surface area contributed by atoms with Crippen LogP contribution in [0.25, 0.3) is 0 Å². The van der Waals surface area contributed by atoms with Crippen LogP contribution in [0.3, 0.4) is 0 Å². The normalized spacial score (nSPS) is 10.5. The largest absolute Gasteiger partial charge is 0.339 e. The topological polar surface area (TPSA) is 62.3 Å². The molecule has 138 valence electrons. The van der Waals surface area contributed by atoms with Gasteiger partial charge in [-0.25, -0.2) is 0 Å². The zero-order chi connectivity index (χ0) is 19.1. The van der Waals surface area contributed by atoms with Crippen LogP contribution in [0.1, 0.15) is 47.4 Å². The molecule has 0 aliphatic heterocycles. The van der Waals surface area contributed by atoms with E-state index in [0.29, 0.717) is 34.4 Å². The molecule has 7 heteroatoms. The highest BCUT2D eigenvalue weighted by atomic mass is 35.5. The highest BCUT2D eigenvalue weighted by molar-refractivity contribution is 6.40. The SMILES string of the molecule is CCCN(CCC)C(=O)c1cncc(C(=O)Nc2c(Cl)cccc2Cl)c1. The van der Waals surface area contributed by atoms with E-state index in [1.165, 1.54) is 18.5 Å². The Bertz CT molecular complexity index is 770. The van der Waals surface area contributed by atoms with Crippen molar-refractivity contribution in [3.63, 3.8) is 0 Å².